The summed E-state index contributed by atoms with van der Waals surface area (Å²) in [5.74, 6) is 0.0127. The molecule has 0 aliphatic carbocycles. The number of allylic oxidation sites excluding steroid dienone is 1. The molecule has 1 heterocycles. The molecule has 1 unspecified atom stereocenters. The molecule has 0 amide bonds. The van der Waals surface area contributed by atoms with Gasteiger partial charge in [-0.05, 0) is 25.8 Å². The van der Waals surface area contributed by atoms with Gasteiger partial charge in [0.15, 0.2) is 5.82 Å². The molecule has 1 aromatic heterocycles. The zero-order valence-corrected chi connectivity index (χ0v) is 13.3. The molecule has 0 aromatic carbocycles. The molecule has 0 spiro atoms. The molecule has 0 radical (unpaired) electrons. The van der Waals surface area contributed by atoms with Crippen molar-refractivity contribution in [3.05, 3.63) is 48.1 Å². The van der Waals surface area contributed by atoms with Crippen LogP contribution in [0.25, 0.3) is 0 Å². The zero-order chi connectivity index (χ0) is 17.3. The quantitative estimate of drug-likeness (QED) is 0.643. The average Bonchev–Trinajstić information content (AvgIpc) is 2.51. The summed E-state index contributed by atoms with van der Waals surface area (Å²) in [6.07, 6.45) is 1.98. The number of nitrogens with zero attached hydrogens (tertiary/aromatic N) is 2. The molecule has 23 heavy (non-hydrogen) atoms. The highest BCUT2D eigenvalue weighted by molar-refractivity contribution is 5.06. The van der Waals surface area contributed by atoms with Crippen LogP contribution in [0.3, 0.4) is 0 Å². The van der Waals surface area contributed by atoms with E-state index in [0.29, 0.717) is 6.61 Å². The van der Waals surface area contributed by atoms with E-state index in [0.717, 1.165) is 30.7 Å². The first-order valence-electron chi connectivity index (χ1n) is 7.14. The highest BCUT2D eigenvalue weighted by atomic mass is 19.4. The Morgan fingerprint density at radius 3 is 2.78 bits per heavy atom. The average molecular weight is 330 g/mol. The van der Waals surface area contributed by atoms with Gasteiger partial charge in [0.25, 0.3) is 0 Å². The SMILES string of the molecule is C=CC(CC/C=C(/C)COCc1nccc(C(F)(F)F)n1)OC. The van der Waals surface area contributed by atoms with Crippen LogP contribution in [0.5, 0.6) is 0 Å². The molecule has 7 heteroatoms. The third-order valence-electron chi connectivity index (χ3n) is 3.07. The molecule has 0 aliphatic rings. The van der Waals surface area contributed by atoms with E-state index in [1.54, 1.807) is 13.2 Å². The molecule has 0 fully saturated rings. The minimum absolute atomic E-state index is 0.0125. The number of aromatic nitrogens is 2. The second-order valence-corrected chi connectivity index (χ2v) is 4.99. The molecule has 4 nitrogen and oxygen atoms in total. The third-order valence-corrected chi connectivity index (χ3v) is 3.07. The second kappa shape index (κ2) is 9.42. The van der Waals surface area contributed by atoms with Gasteiger partial charge < -0.3 is 9.47 Å². The maximum Gasteiger partial charge on any atom is 0.433 e. The van der Waals surface area contributed by atoms with Crippen LogP contribution in [-0.2, 0) is 22.3 Å². The molecule has 1 rings (SSSR count). The van der Waals surface area contributed by atoms with Crippen LogP contribution in [0.4, 0.5) is 13.2 Å². The van der Waals surface area contributed by atoms with Crippen molar-refractivity contribution in [3.63, 3.8) is 0 Å². The van der Waals surface area contributed by atoms with Gasteiger partial charge in [-0.2, -0.15) is 13.2 Å². The molecule has 1 atom stereocenters. The van der Waals surface area contributed by atoms with E-state index in [9.17, 15) is 13.2 Å². The number of rotatable bonds is 9. The largest absolute Gasteiger partial charge is 0.433 e. The van der Waals surface area contributed by atoms with Crippen molar-refractivity contribution >= 4 is 0 Å². The highest BCUT2D eigenvalue weighted by Crippen LogP contribution is 2.26. The fourth-order valence-corrected chi connectivity index (χ4v) is 1.81. The molecular formula is C16H21F3N2O2. The van der Waals surface area contributed by atoms with Crippen molar-refractivity contribution in [1.82, 2.24) is 9.97 Å². The van der Waals surface area contributed by atoms with Crippen molar-refractivity contribution in [2.45, 2.75) is 38.7 Å². The summed E-state index contributed by atoms with van der Waals surface area (Å²) >= 11 is 0. The highest BCUT2D eigenvalue weighted by Gasteiger charge is 2.32. The summed E-state index contributed by atoms with van der Waals surface area (Å²) in [5, 5.41) is 0. The van der Waals surface area contributed by atoms with Crippen LogP contribution in [0, 0.1) is 0 Å². The number of hydrogen-bond acceptors (Lipinski definition) is 4. The topological polar surface area (TPSA) is 44.2 Å². The molecule has 0 saturated heterocycles. The predicted molar refractivity (Wildman–Crippen MR) is 80.7 cm³/mol. The van der Waals surface area contributed by atoms with Crippen LogP contribution < -0.4 is 0 Å². The Morgan fingerprint density at radius 1 is 1.43 bits per heavy atom. The third kappa shape index (κ3) is 7.38. The monoisotopic (exact) mass is 330 g/mol. The number of hydrogen-bond donors (Lipinski definition) is 0. The number of ether oxygens (including phenoxy) is 2. The van der Waals surface area contributed by atoms with Crippen molar-refractivity contribution in [2.75, 3.05) is 13.7 Å². The van der Waals surface area contributed by atoms with Crippen LogP contribution in [0.1, 0.15) is 31.3 Å². The van der Waals surface area contributed by atoms with E-state index in [2.05, 4.69) is 16.5 Å². The lowest BCUT2D eigenvalue weighted by molar-refractivity contribution is -0.141. The van der Waals surface area contributed by atoms with Gasteiger partial charge in [-0.25, -0.2) is 9.97 Å². The maximum absolute atomic E-state index is 12.5. The van der Waals surface area contributed by atoms with Crippen LogP contribution >= 0.6 is 0 Å². The van der Waals surface area contributed by atoms with Crippen molar-refractivity contribution in [2.24, 2.45) is 0 Å². The Bertz CT molecular complexity index is 530. The minimum Gasteiger partial charge on any atom is -0.377 e. The van der Waals surface area contributed by atoms with Gasteiger partial charge in [0.1, 0.15) is 12.3 Å². The molecule has 0 saturated carbocycles. The van der Waals surface area contributed by atoms with E-state index in [-0.39, 0.29) is 18.5 Å². The van der Waals surface area contributed by atoms with Crippen LogP contribution in [0.15, 0.2) is 36.6 Å². The molecule has 0 N–H and O–H groups in total. The van der Waals surface area contributed by atoms with Crippen molar-refractivity contribution in [3.8, 4) is 0 Å². The molecule has 0 bridgehead atoms. The normalized spacial score (nSPS) is 13.9. The number of alkyl halides is 3. The fraction of sp³-hybridized carbons (Fsp3) is 0.500. The van der Waals surface area contributed by atoms with Crippen molar-refractivity contribution in [1.29, 1.82) is 0 Å². The van der Waals surface area contributed by atoms with Gasteiger partial charge in [-0.3, -0.25) is 0 Å². The first-order chi connectivity index (χ1) is 10.9. The molecule has 128 valence electrons. The Morgan fingerprint density at radius 2 is 2.17 bits per heavy atom. The fourth-order valence-electron chi connectivity index (χ4n) is 1.81. The lowest BCUT2D eigenvalue weighted by Gasteiger charge is -2.09. The van der Waals surface area contributed by atoms with E-state index in [1.807, 2.05) is 13.0 Å². The summed E-state index contributed by atoms with van der Waals surface area (Å²) < 4.78 is 48.1. The minimum atomic E-state index is -4.48. The smallest absolute Gasteiger partial charge is 0.377 e. The number of halogens is 3. The summed E-state index contributed by atoms with van der Waals surface area (Å²) in [4.78, 5) is 7.21. The first kappa shape index (κ1) is 19.3. The van der Waals surface area contributed by atoms with E-state index in [4.69, 9.17) is 9.47 Å². The Labute approximate surface area is 134 Å². The second-order valence-electron chi connectivity index (χ2n) is 4.99. The molecule has 1 aromatic rings. The van der Waals surface area contributed by atoms with Gasteiger partial charge in [-0.1, -0.05) is 17.7 Å². The van der Waals surface area contributed by atoms with Gasteiger partial charge in [0, 0.05) is 13.3 Å². The van der Waals surface area contributed by atoms with Gasteiger partial charge >= 0.3 is 6.18 Å². The van der Waals surface area contributed by atoms with Gasteiger partial charge in [-0.15, -0.1) is 6.58 Å². The first-order valence-corrected chi connectivity index (χ1v) is 7.14. The zero-order valence-electron chi connectivity index (χ0n) is 13.3. The van der Waals surface area contributed by atoms with Gasteiger partial charge in [0.2, 0.25) is 0 Å². The standard InChI is InChI=1S/C16H21F3N2O2/c1-4-13(22-3)7-5-6-12(2)10-23-11-15-20-9-8-14(21-15)16(17,18)19/h4,6,8-9,13H,1,5,7,10-11H2,2-3H3/b12-6-. The lowest BCUT2D eigenvalue weighted by atomic mass is 10.1. The van der Waals surface area contributed by atoms with E-state index >= 15 is 0 Å². The lowest BCUT2D eigenvalue weighted by Crippen LogP contribution is -2.11. The van der Waals surface area contributed by atoms with Crippen LogP contribution in [-0.4, -0.2) is 29.8 Å². The Kier molecular flexibility index (Phi) is 7.91. The summed E-state index contributed by atoms with van der Waals surface area (Å²) in [5.41, 5.74) is 0.0179. The summed E-state index contributed by atoms with van der Waals surface area (Å²) in [7, 11) is 1.63. The van der Waals surface area contributed by atoms with Crippen molar-refractivity contribution < 1.29 is 22.6 Å². The Hall–Kier alpha value is -1.73. The van der Waals surface area contributed by atoms with Crippen LogP contribution in [0.2, 0.25) is 0 Å². The van der Waals surface area contributed by atoms with E-state index in [1.165, 1.54) is 0 Å². The molecule has 0 aliphatic heterocycles. The summed E-state index contributed by atoms with van der Waals surface area (Å²) in [6.45, 7) is 5.81. The van der Waals surface area contributed by atoms with Gasteiger partial charge in [0.05, 0.1) is 12.7 Å². The summed E-state index contributed by atoms with van der Waals surface area (Å²) in [6, 6.07) is 0.834. The number of methoxy groups -OCH3 is 1. The predicted octanol–water partition coefficient (Wildman–Crippen LogP) is 3.94. The molecular weight excluding hydrogens is 309 g/mol. The maximum atomic E-state index is 12.5. The Balaban J connectivity index is 2.40. The van der Waals surface area contributed by atoms with E-state index < -0.39 is 11.9 Å².